The van der Waals surface area contributed by atoms with E-state index < -0.39 is 0 Å². The van der Waals surface area contributed by atoms with Gasteiger partial charge in [-0.25, -0.2) is 9.78 Å². The molecule has 2 aromatic carbocycles. The lowest BCUT2D eigenvalue weighted by Gasteiger charge is -1.95. The number of ether oxygens (including phenoxy) is 1. The number of nitrogens with zero attached hydrogens (tertiary/aromatic N) is 1. The van der Waals surface area contributed by atoms with Crippen molar-refractivity contribution in [3.05, 3.63) is 83.5 Å². The fourth-order valence-corrected chi connectivity index (χ4v) is 3.12. The van der Waals surface area contributed by atoms with Crippen molar-refractivity contribution in [2.75, 3.05) is 6.61 Å². The summed E-state index contributed by atoms with van der Waals surface area (Å²) >= 11 is 0. The van der Waals surface area contributed by atoms with Crippen LogP contribution in [0.4, 0.5) is 0 Å². The molecule has 0 saturated heterocycles. The smallest absolute Gasteiger partial charge is 0.330 e. The van der Waals surface area contributed by atoms with E-state index in [1.54, 1.807) is 13.0 Å². The van der Waals surface area contributed by atoms with Gasteiger partial charge in [0.2, 0.25) is 5.89 Å². The molecule has 0 atom stereocenters. The largest absolute Gasteiger partial charge is 0.463 e. The number of carbonyl (C=O) groups excluding carboxylic acids is 1. The van der Waals surface area contributed by atoms with Crippen molar-refractivity contribution in [1.82, 2.24) is 4.98 Å². The van der Waals surface area contributed by atoms with Gasteiger partial charge in [-0.05, 0) is 55.8 Å². The molecular weight excluding hydrogens is 366 g/mol. The highest BCUT2D eigenvalue weighted by Crippen LogP contribution is 2.26. The van der Waals surface area contributed by atoms with Crippen molar-refractivity contribution >= 4 is 23.0 Å². The third kappa shape index (κ3) is 4.29. The molecule has 4 rings (SSSR count). The first kappa shape index (κ1) is 18.7. The second-order valence-electron chi connectivity index (χ2n) is 6.66. The van der Waals surface area contributed by atoms with Crippen LogP contribution >= 0.6 is 0 Å². The quantitative estimate of drug-likeness (QED) is 0.320. The number of carbonyl (C=O) groups is 1. The molecule has 0 spiro atoms. The van der Waals surface area contributed by atoms with Crippen LogP contribution in [0.3, 0.4) is 0 Å². The Balaban J connectivity index is 1.55. The van der Waals surface area contributed by atoms with Crippen LogP contribution < -0.4 is 0 Å². The van der Waals surface area contributed by atoms with Gasteiger partial charge in [-0.2, -0.15) is 0 Å². The molecule has 2 heterocycles. The molecule has 0 aliphatic carbocycles. The number of benzene rings is 2. The van der Waals surface area contributed by atoms with E-state index in [0.717, 1.165) is 39.3 Å². The highest BCUT2D eigenvalue weighted by atomic mass is 16.5. The Morgan fingerprint density at radius 2 is 1.93 bits per heavy atom. The average molecular weight is 387 g/mol. The third-order valence-corrected chi connectivity index (χ3v) is 4.54. The molecule has 5 heteroatoms. The van der Waals surface area contributed by atoms with Crippen LogP contribution in [0.15, 0.2) is 69.5 Å². The lowest BCUT2D eigenvalue weighted by Crippen LogP contribution is -1.98. The molecular formula is C24H21NO4. The van der Waals surface area contributed by atoms with E-state index in [2.05, 4.69) is 4.98 Å². The van der Waals surface area contributed by atoms with Crippen LogP contribution in [0.25, 0.3) is 28.5 Å². The summed E-state index contributed by atoms with van der Waals surface area (Å²) in [5.74, 6) is 1.85. The second-order valence-corrected chi connectivity index (χ2v) is 6.66. The maximum absolute atomic E-state index is 11.5. The van der Waals surface area contributed by atoms with Gasteiger partial charge in [-0.3, -0.25) is 0 Å². The molecule has 0 radical (unpaired) electrons. The van der Waals surface area contributed by atoms with E-state index in [1.807, 2.05) is 61.5 Å². The zero-order chi connectivity index (χ0) is 20.2. The number of hydrogen-bond acceptors (Lipinski definition) is 5. The van der Waals surface area contributed by atoms with E-state index in [4.69, 9.17) is 13.6 Å². The summed E-state index contributed by atoms with van der Waals surface area (Å²) in [7, 11) is 0. The number of esters is 1. The van der Waals surface area contributed by atoms with Crippen LogP contribution in [-0.4, -0.2) is 17.6 Å². The molecule has 0 saturated carbocycles. The van der Waals surface area contributed by atoms with Crippen LogP contribution in [0.1, 0.15) is 29.7 Å². The highest BCUT2D eigenvalue weighted by molar-refractivity contribution is 5.88. The molecule has 0 aliphatic rings. The Kier molecular flexibility index (Phi) is 5.29. The van der Waals surface area contributed by atoms with Crippen molar-refractivity contribution in [2.45, 2.75) is 20.3 Å². The summed E-state index contributed by atoms with van der Waals surface area (Å²) in [4.78, 5) is 16.1. The minimum atomic E-state index is -0.351. The normalized spacial score (nSPS) is 11.4. The fourth-order valence-electron chi connectivity index (χ4n) is 3.12. The van der Waals surface area contributed by atoms with Gasteiger partial charge in [-0.1, -0.05) is 24.3 Å². The number of fused-ring (bicyclic) bond motifs is 1. The molecule has 0 N–H and O–H groups in total. The summed E-state index contributed by atoms with van der Waals surface area (Å²) in [6.45, 7) is 4.06. The van der Waals surface area contributed by atoms with Gasteiger partial charge in [-0.15, -0.1) is 0 Å². The molecule has 4 aromatic rings. The molecule has 0 bridgehead atoms. The topological polar surface area (TPSA) is 65.5 Å². The summed E-state index contributed by atoms with van der Waals surface area (Å²) in [6, 6.07) is 17.6. The molecule has 146 valence electrons. The molecule has 0 aliphatic heterocycles. The van der Waals surface area contributed by atoms with Crippen LogP contribution in [0.5, 0.6) is 0 Å². The lowest BCUT2D eigenvalue weighted by molar-refractivity contribution is -0.137. The maximum atomic E-state index is 11.5. The maximum Gasteiger partial charge on any atom is 0.330 e. The lowest BCUT2D eigenvalue weighted by atomic mass is 10.1. The molecule has 29 heavy (non-hydrogen) atoms. The zero-order valence-corrected chi connectivity index (χ0v) is 16.3. The Morgan fingerprint density at radius 3 is 2.72 bits per heavy atom. The SMILES string of the molecule is CCOC(=O)/C=C/c1ccc2oc(Cc3nc(-c4ccccc4)oc3C)cc2c1. The Labute approximate surface area is 168 Å². The van der Waals surface area contributed by atoms with Gasteiger partial charge < -0.3 is 13.6 Å². The van der Waals surface area contributed by atoms with Gasteiger partial charge in [0.05, 0.1) is 18.7 Å². The number of aromatic nitrogens is 1. The predicted molar refractivity (Wildman–Crippen MR) is 111 cm³/mol. The van der Waals surface area contributed by atoms with Gasteiger partial charge in [0.25, 0.3) is 0 Å². The summed E-state index contributed by atoms with van der Waals surface area (Å²) in [5.41, 5.74) is 3.49. The number of hydrogen-bond donors (Lipinski definition) is 0. The van der Waals surface area contributed by atoms with Crippen molar-refractivity contribution < 1.29 is 18.4 Å². The minimum Gasteiger partial charge on any atom is -0.463 e. The molecule has 0 amide bonds. The van der Waals surface area contributed by atoms with Crippen LogP contribution in [0.2, 0.25) is 0 Å². The van der Waals surface area contributed by atoms with E-state index in [1.165, 1.54) is 6.08 Å². The number of oxazole rings is 1. The number of furan rings is 1. The second kappa shape index (κ2) is 8.19. The zero-order valence-electron chi connectivity index (χ0n) is 16.3. The Bertz CT molecular complexity index is 1170. The fraction of sp³-hybridized carbons (Fsp3) is 0.167. The summed E-state index contributed by atoms with van der Waals surface area (Å²) in [5, 5.41) is 0.968. The van der Waals surface area contributed by atoms with E-state index >= 15 is 0 Å². The highest BCUT2D eigenvalue weighted by Gasteiger charge is 2.14. The van der Waals surface area contributed by atoms with Crippen LogP contribution in [0, 0.1) is 6.92 Å². The van der Waals surface area contributed by atoms with Crippen molar-refractivity contribution in [3.8, 4) is 11.5 Å². The summed E-state index contributed by atoms with van der Waals surface area (Å²) in [6.07, 6.45) is 3.71. The molecule has 2 aromatic heterocycles. The van der Waals surface area contributed by atoms with Gasteiger partial charge in [0, 0.05) is 17.0 Å². The van der Waals surface area contributed by atoms with E-state index in [9.17, 15) is 4.79 Å². The minimum absolute atomic E-state index is 0.351. The Morgan fingerprint density at radius 1 is 1.10 bits per heavy atom. The van der Waals surface area contributed by atoms with Crippen LogP contribution in [-0.2, 0) is 16.0 Å². The van der Waals surface area contributed by atoms with Crippen molar-refractivity contribution in [3.63, 3.8) is 0 Å². The van der Waals surface area contributed by atoms with Gasteiger partial charge in [0.15, 0.2) is 0 Å². The molecule has 0 unspecified atom stereocenters. The average Bonchev–Trinajstić information content (AvgIpc) is 3.30. The van der Waals surface area contributed by atoms with Crippen molar-refractivity contribution in [2.24, 2.45) is 0 Å². The number of aryl methyl sites for hydroxylation is 1. The van der Waals surface area contributed by atoms with E-state index in [-0.39, 0.29) is 5.97 Å². The standard InChI is InChI=1S/C24H21NO4/c1-3-27-23(26)12-10-17-9-11-22-19(13-17)14-20(29-22)15-21-16(2)28-24(25-21)18-7-5-4-6-8-18/h4-14H,3,15H2,1-2H3/b12-10+. The Hall–Kier alpha value is -3.60. The first-order valence-corrected chi connectivity index (χ1v) is 9.51. The van der Waals surface area contributed by atoms with Crippen molar-refractivity contribution in [1.29, 1.82) is 0 Å². The van der Waals surface area contributed by atoms with Gasteiger partial charge >= 0.3 is 5.97 Å². The molecule has 5 nitrogen and oxygen atoms in total. The monoisotopic (exact) mass is 387 g/mol. The summed E-state index contributed by atoms with van der Waals surface area (Å²) < 4.78 is 16.7. The number of rotatable bonds is 6. The third-order valence-electron chi connectivity index (χ3n) is 4.54. The first-order chi connectivity index (χ1) is 14.1. The predicted octanol–water partition coefficient (Wildman–Crippen LogP) is 5.56. The molecule has 0 fully saturated rings. The van der Waals surface area contributed by atoms with E-state index in [0.29, 0.717) is 18.9 Å². The first-order valence-electron chi connectivity index (χ1n) is 9.51. The van der Waals surface area contributed by atoms with Gasteiger partial charge in [0.1, 0.15) is 17.1 Å².